The number of aromatic nitrogens is 2. The zero-order chi connectivity index (χ0) is 28.8. The van der Waals surface area contributed by atoms with Gasteiger partial charge in [-0.3, -0.25) is 14.4 Å². The summed E-state index contributed by atoms with van der Waals surface area (Å²) >= 11 is 0. The summed E-state index contributed by atoms with van der Waals surface area (Å²) in [5, 5.41) is 10.9. The van der Waals surface area contributed by atoms with E-state index in [-0.39, 0.29) is 23.7 Å². The summed E-state index contributed by atoms with van der Waals surface area (Å²) in [7, 11) is 0. The second-order valence-electron chi connectivity index (χ2n) is 9.91. The van der Waals surface area contributed by atoms with Crippen molar-refractivity contribution in [1.29, 1.82) is 0 Å². The molecule has 0 N–H and O–H groups in total. The highest BCUT2D eigenvalue weighted by atomic mass is 19.4. The predicted octanol–water partition coefficient (Wildman–Crippen LogP) is 4.75. The molecule has 3 heterocycles. The fraction of sp³-hybridized carbons (Fsp3) is 0.393. The largest absolute Gasteiger partial charge is 0.573 e. The highest BCUT2D eigenvalue weighted by Gasteiger charge is 2.31. The molecule has 0 amide bonds. The van der Waals surface area contributed by atoms with Gasteiger partial charge in [0.05, 0.1) is 0 Å². The summed E-state index contributed by atoms with van der Waals surface area (Å²) in [5.74, 6) is 0.280. The Kier molecular flexibility index (Phi) is 8.74. The molecule has 1 atom stereocenters. The predicted molar refractivity (Wildman–Crippen MR) is 144 cm³/mol. The summed E-state index contributed by atoms with van der Waals surface area (Å²) in [6, 6.07) is 14.0. The van der Waals surface area contributed by atoms with Crippen LogP contribution >= 0.6 is 0 Å². The first-order chi connectivity index (χ1) is 19.7. The summed E-state index contributed by atoms with van der Waals surface area (Å²) in [6.45, 7) is 5.98. The van der Waals surface area contributed by atoms with Crippen molar-refractivity contribution in [2.45, 2.75) is 32.0 Å². The molecule has 41 heavy (non-hydrogen) atoms. The van der Waals surface area contributed by atoms with Crippen LogP contribution in [0.1, 0.15) is 17.5 Å². The summed E-state index contributed by atoms with van der Waals surface area (Å²) < 4.78 is 54.1. The Labute approximate surface area is 234 Å². The Balaban J connectivity index is 0.999. The lowest BCUT2D eigenvalue weighted by Crippen LogP contribution is -2.45. The van der Waals surface area contributed by atoms with Crippen molar-refractivity contribution >= 4 is 11.9 Å². The molecule has 1 saturated heterocycles. The molecule has 1 fully saturated rings. The lowest BCUT2D eigenvalue weighted by Gasteiger charge is -2.34. The Bertz CT molecular complexity index is 1340. The van der Waals surface area contributed by atoms with Crippen molar-refractivity contribution in [3.63, 3.8) is 0 Å². The van der Waals surface area contributed by atoms with Gasteiger partial charge in [0.2, 0.25) is 0 Å². The van der Waals surface area contributed by atoms with Crippen molar-refractivity contribution in [2.75, 3.05) is 39.3 Å². The molecule has 0 saturated carbocycles. The number of hydrogen-bond donors (Lipinski definition) is 0. The zero-order valence-corrected chi connectivity index (χ0v) is 22.2. The van der Waals surface area contributed by atoms with Gasteiger partial charge in [0.1, 0.15) is 30.4 Å². The van der Waals surface area contributed by atoms with Crippen LogP contribution in [0.5, 0.6) is 17.5 Å². The first-order valence-corrected chi connectivity index (χ1v) is 13.3. The van der Waals surface area contributed by atoms with Gasteiger partial charge < -0.3 is 24.3 Å². The smallest absolute Gasteiger partial charge is 0.490 e. The van der Waals surface area contributed by atoms with E-state index >= 15 is 0 Å². The molecule has 3 aromatic rings. The zero-order valence-electron chi connectivity index (χ0n) is 22.2. The number of fused-ring (bicyclic) bond motifs is 1. The maximum atomic E-state index is 12.3. The molecular formula is C28H30F3N5O5. The average molecular weight is 574 g/mol. The summed E-state index contributed by atoms with van der Waals surface area (Å²) in [6.07, 6.45) is 1.33. The molecule has 0 bridgehead atoms. The second kappa shape index (κ2) is 12.6. The molecule has 13 heteroatoms. The standard InChI is InChI=1S/C28H30F3N5O5/c29-28(30,31)41-24-9-5-22(6-10-24)18-34-16-14-33(15-17-34)12-1-2-21-3-7-23(8-4-21)39-20-25-11-13-35-19-26(36(37)38)32-27(35)40-25/h1-10,19,25H,11-18,20H2/b2-1+/t25-/m1/s1. The molecule has 2 aromatic carbocycles. The minimum Gasteiger partial charge on any atom is -0.490 e. The summed E-state index contributed by atoms with van der Waals surface area (Å²) in [4.78, 5) is 18.9. The fourth-order valence-electron chi connectivity index (χ4n) is 4.72. The number of benzene rings is 2. The van der Waals surface area contributed by atoms with Crippen molar-refractivity contribution in [3.05, 3.63) is 82.0 Å². The van der Waals surface area contributed by atoms with Crippen molar-refractivity contribution in [2.24, 2.45) is 0 Å². The lowest BCUT2D eigenvalue weighted by atomic mass is 10.2. The number of ether oxygens (including phenoxy) is 3. The number of hydrogen-bond acceptors (Lipinski definition) is 8. The molecule has 2 aliphatic heterocycles. The van der Waals surface area contributed by atoms with Crippen LogP contribution in [0.15, 0.2) is 60.8 Å². The van der Waals surface area contributed by atoms with E-state index < -0.39 is 11.3 Å². The van der Waals surface area contributed by atoms with Gasteiger partial charge in [0, 0.05) is 57.2 Å². The molecule has 218 valence electrons. The molecule has 0 spiro atoms. The third-order valence-electron chi connectivity index (χ3n) is 6.90. The fourth-order valence-corrected chi connectivity index (χ4v) is 4.72. The average Bonchev–Trinajstić information content (AvgIpc) is 3.38. The van der Waals surface area contributed by atoms with E-state index in [0.717, 1.165) is 43.9 Å². The van der Waals surface area contributed by atoms with Gasteiger partial charge >= 0.3 is 18.2 Å². The van der Waals surface area contributed by atoms with Crippen LogP contribution in [0.3, 0.4) is 0 Å². The molecular weight excluding hydrogens is 543 g/mol. The Morgan fingerprint density at radius 2 is 1.68 bits per heavy atom. The molecule has 1 aromatic heterocycles. The topological polar surface area (TPSA) is 95.1 Å². The van der Waals surface area contributed by atoms with Crippen molar-refractivity contribution in [3.8, 4) is 17.5 Å². The van der Waals surface area contributed by atoms with Crippen LogP contribution in [0.4, 0.5) is 19.0 Å². The van der Waals surface area contributed by atoms with E-state index in [1.165, 1.54) is 18.3 Å². The monoisotopic (exact) mass is 573 g/mol. The Hall–Kier alpha value is -4.10. The quantitative estimate of drug-likeness (QED) is 0.253. The van der Waals surface area contributed by atoms with Crippen molar-refractivity contribution < 1.29 is 32.3 Å². The third-order valence-corrected chi connectivity index (χ3v) is 6.90. The first kappa shape index (κ1) is 28.4. The molecule has 2 aliphatic rings. The van der Waals surface area contributed by atoms with Crippen LogP contribution in [0, 0.1) is 10.1 Å². The number of imidazole rings is 1. The van der Waals surface area contributed by atoms with E-state index in [2.05, 4.69) is 31.7 Å². The Morgan fingerprint density at radius 3 is 2.37 bits per heavy atom. The molecule has 0 unspecified atom stereocenters. The van der Waals surface area contributed by atoms with Gasteiger partial charge in [-0.15, -0.1) is 13.2 Å². The van der Waals surface area contributed by atoms with E-state index in [1.807, 2.05) is 24.3 Å². The van der Waals surface area contributed by atoms with Crippen LogP contribution in [0.25, 0.3) is 6.08 Å². The van der Waals surface area contributed by atoms with Crippen molar-refractivity contribution in [1.82, 2.24) is 19.4 Å². The number of rotatable bonds is 10. The van der Waals surface area contributed by atoms with E-state index in [4.69, 9.17) is 9.47 Å². The van der Waals surface area contributed by atoms with Gasteiger partial charge in [-0.1, -0.05) is 36.4 Å². The van der Waals surface area contributed by atoms with E-state index in [1.54, 1.807) is 16.7 Å². The van der Waals surface area contributed by atoms with Gasteiger partial charge in [-0.2, -0.15) is 0 Å². The molecule has 0 radical (unpaired) electrons. The van der Waals surface area contributed by atoms with Gasteiger partial charge in [0.25, 0.3) is 0 Å². The Morgan fingerprint density at radius 1 is 1.00 bits per heavy atom. The SMILES string of the molecule is O=[N+]([O-])c1cn2c(n1)O[C@@H](COc1ccc(/C=C/CN3CCN(Cc4ccc(OC(F)(F)F)cc4)CC3)cc1)CC2. The molecule has 0 aliphatic carbocycles. The van der Waals surface area contributed by atoms with Crippen LogP contribution in [-0.2, 0) is 13.1 Å². The minimum atomic E-state index is -4.68. The van der Waals surface area contributed by atoms with Crippen LogP contribution < -0.4 is 14.2 Å². The highest BCUT2D eigenvalue weighted by Crippen LogP contribution is 2.25. The first-order valence-electron chi connectivity index (χ1n) is 13.3. The lowest BCUT2D eigenvalue weighted by molar-refractivity contribution is -0.389. The molecule has 5 rings (SSSR count). The van der Waals surface area contributed by atoms with E-state index in [0.29, 0.717) is 31.9 Å². The number of piperazine rings is 1. The van der Waals surface area contributed by atoms with E-state index in [9.17, 15) is 23.3 Å². The maximum absolute atomic E-state index is 12.3. The number of alkyl halides is 3. The van der Waals surface area contributed by atoms with Gasteiger partial charge in [0.15, 0.2) is 0 Å². The maximum Gasteiger partial charge on any atom is 0.573 e. The second-order valence-corrected chi connectivity index (χ2v) is 9.91. The normalized spacial score (nSPS) is 18.2. The number of aryl methyl sites for hydroxylation is 1. The third kappa shape index (κ3) is 8.21. The van der Waals surface area contributed by atoms with Crippen LogP contribution in [-0.4, -0.2) is 76.1 Å². The number of halogens is 3. The highest BCUT2D eigenvalue weighted by molar-refractivity contribution is 5.50. The summed E-state index contributed by atoms with van der Waals surface area (Å²) in [5.41, 5.74) is 2.00. The van der Waals surface area contributed by atoms with Gasteiger partial charge in [-0.25, -0.2) is 0 Å². The number of nitro groups is 1. The molecule has 10 nitrogen and oxygen atoms in total. The van der Waals surface area contributed by atoms with Crippen LogP contribution in [0.2, 0.25) is 0 Å². The number of nitrogens with zero attached hydrogens (tertiary/aromatic N) is 5. The van der Waals surface area contributed by atoms with Gasteiger partial charge in [-0.05, 0) is 40.3 Å². The minimum absolute atomic E-state index is 0.208.